The third-order valence-electron chi connectivity index (χ3n) is 2.54. The molecule has 5 nitrogen and oxygen atoms in total. The van der Waals surface area contributed by atoms with Crippen molar-refractivity contribution in [3.63, 3.8) is 0 Å². The van der Waals surface area contributed by atoms with Crippen molar-refractivity contribution in [3.8, 4) is 0 Å². The fraction of sp³-hybridized carbons (Fsp3) is 0.364. The molecule has 0 aliphatic heterocycles. The number of sulfonamides is 1. The van der Waals surface area contributed by atoms with E-state index in [9.17, 15) is 22.0 Å². The Morgan fingerprint density at radius 3 is 2.26 bits per heavy atom. The number of aliphatic carboxylic acids is 1. The first kappa shape index (κ1) is 15.5. The van der Waals surface area contributed by atoms with Crippen molar-refractivity contribution in [2.45, 2.75) is 11.8 Å². The Hall–Kier alpha value is -1.54. The molecule has 0 bridgehead atoms. The summed E-state index contributed by atoms with van der Waals surface area (Å²) < 4.78 is 51.5. The zero-order valence-electron chi connectivity index (χ0n) is 10.3. The Balaban J connectivity index is 3.14. The number of benzene rings is 1. The first-order valence-electron chi connectivity index (χ1n) is 5.31. The SMILES string of the molecule is CC(CN(C)S(=O)(=O)c1c(F)cccc1F)C(=O)O. The molecule has 1 aromatic carbocycles. The number of nitrogens with zero attached hydrogens (tertiary/aromatic N) is 1. The summed E-state index contributed by atoms with van der Waals surface area (Å²) in [5.41, 5.74) is 0. The van der Waals surface area contributed by atoms with Gasteiger partial charge in [0.05, 0.1) is 5.92 Å². The zero-order valence-corrected chi connectivity index (χ0v) is 11.1. The van der Waals surface area contributed by atoms with Gasteiger partial charge in [-0.1, -0.05) is 13.0 Å². The van der Waals surface area contributed by atoms with E-state index >= 15 is 0 Å². The van der Waals surface area contributed by atoms with Gasteiger partial charge >= 0.3 is 5.97 Å². The van der Waals surface area contributed by atoms with Gasteiger partial charge in [0.15, 0.2) is 4.90 Å². The summed E-state index contributed by atoms with van der Waals surface area (Å²) >= 11 is 0. The molecule has 1 rings (SSSR count). The highest BCUT2D eigenvalue weighted by Gasteiger charge is 2.30. The van der Waals surface area contributed by atoms with Gasteiger partial charge < -0.3 is 5.11 Å². The normalized spacial score (nSPS) is 13.5. The molecule has 0 aromatic heterocycles. The minimum absolute atomic E-state index is 0.383. The van der Waals surface area contributed by atoms with Crippen LogP contribution in [-0.4, -0.2) is 37.4 Å². The minimum atomic E-state index is -4.41. The number of carboxylic acid groups (broad SMARTS) is 1. The molecule has 0 amide bonds. The van der Waals surface area contributed by atoms with Gasteiger partial charge in [0.2, 0.25) is 10.0 Å². The summed E-state index contributed by atoms with van der Waals surface area (Å²) in [4.78, 5) is 9.59. The molecule has 106 valence electrons. The Morgan fingerprint density at radius 1 is 1.37 bits per heavy atom. The average Bonchev–Trinajstić information content (AvgIpc) is 2.27. The molecule has 19 heavy (non-hydrogen) atoms. The second kappa shape index (κ2) is 5.62. The smallest absolute Gasteiger partial charge is 0.307 e. The molecular formula is C11H13F2NO4S. The third-order valence-corrected chi connectivity index (χ3v) is 4.42. The Kier molecular flexibility index (Phi) is 4.59. The highest BCUT2D eigenvalue weighted by molar-refractivity contribution is 7.89. The fourth-order valence-corrected chi connectivity index (χ4v) is 2.81. The number of carbonyl (C=O) groups is 1. The van der Waals surface area contributed by atoms with E-state index in [1.165, 1.54) is 6.92 Å². The van der Waals surface area contributed by atoms with E-state index in [-0.39, 0.29) is 6.54 Å². The number of carboxylic acids is 1. The number of rotatable bonds is 5. The van der Waals surface area contributed by atoms with Crippen LogP contribution in [-0.2, 0) is 14.8 Å². The first-order chi connectivity index (χ1) is 8.67. The molecule has 0 aliphatic rings. The van der Waals surface area contributed by atoms with Crippen LogP contribution >= 0.6 is 0 Å². The molecule has 0 fully saturated rings. The van der Waals surface area contributed by atoms with Crippen LogP contribution in [0.5, 0.6) is 0 Å². The largest absolute Gasteiger partial charge is 0.481 e. The van der Waals surface area contributed by atoms with E-state index in [2.05, 4.69) is 0 Å². The third kappa shape index (κ3) is 3.27. The molecule has 1 N–H and O–H groups in total. The molecule has 0 heterocycles. The van der Waals surface area contributed by atoms with Crippen LogP contribution in [0, 0.1) is 17.6 Å². The van der Waals surface area contributed by atoms with Crippen LogP contribution in [0.1, 0.15) is 6.92 Å². The lowest BCUT2D eigenvalue weighted by atomic mass is 10.2. The van der Waals surface area contributed by atoms with Crippen LogP contribution in [0.2, 0.25) is 0 Å². The van der Waals surface area contributed by atoms with Crippen molar-refractivity contribution in [1.29, 1.82) is 0 Å². The van der Waals surface area contributed by atoms with Gasteiger partial charge in [0.1, 0.15) is 11.6 Å². The minimum Gasteiger partial charge on any atom is -0.481 e. The van der Waals surface area contributed by atoms with E-state index < -0.39 is 38.4 Å². The molecule has 8 heteroatoms. The summed E-state index contributed by atoms with van der Waals surface area (Å²) in [5, 5.41) is 8.71. The zero-order chi connectivity index (χ0) is 14.8. The van der Waals surface area contributed by atoms with Gasteiger partial charge in [-0.25, -0.2) is 17.2 Å². The van der Waals surface area contributed by atoms with Crippen molar-refractivity contribution in [1.82, 2.24) is 4.31 Å². The van der Waals surface area contributed by atoms with Gasteiger partial charge in [0.25, 0.3) is 0 Å². The van der Waals surface area contributed by atoms with E-state index in [0.29, 0.717) is 4.31 Å². The molecule has 0 spiro atoms. The number of hydrogen-bond donors (Lipinski definition) is 1. The quantitative estimate of drug-likeness (QED) is 0.888. The summed E-state index contributed by atoms with van der Waals surface area (Å²) in [5.74, 6) is -4.62. The maximum atomic E-state index is 13.4. The molecule has 1 unspecified atom stereocenters. The van der Waals surface area contributed by atoms with Crippen LogP contribution in [0.3, 0.4) is 0 Å². The molecule has 0 aliphatic carbocycles. The first-order valence-corrected chi connectivity index (χ1v) is 6.75. The summed E-state index contributed by atoms with van der Waals surface area (Å²) in [6, 6.07) is 2.69. The standard InChI is InChI=1S/C11H13F2NO4S/c1-7(11(15)16)6-14(2)19(17,18)10-8(12)4-3-5-9(10)13/h3-5,7H,6H2,1-2H3,(H,15,16). The molecule has 1 aromatic rings. The highest BCUT2D eigenvalue weighted by atomic mass is 32.2. The summed E-state index contributed by atoms with van der Waals surface area (Å²) in [7, 11) is -3.34. The fourth-order valence-electron chi connectivity index (χ4n) is 1.45. The van der Waals surface area contributed by atoms with Crippen LogP contribution < -0.4 is 0 Å². The van der Waals surface area contributed by atoms with Crippen molar-refractivity contribution in [3.05, 3.63) is 29.8 Å². The van der Waals surface area contributed by atoms with Gasteiger partial charge in [-0.05, 0) is 12.1 Å². The van der Waals surface area contributed by atoms with Crippen molar-refractivity contribution in [2.24, 2.45) is 5.92 Å². The topological polar surface area (TPSA) is 74.7 Å². The predicted octanol–water partition coefficient (Wildman–Crippen LogP) is 1.31. The summed E-state index contributed by atoms with van der Waals surface area (Å²) in [6.07, 6.45) is 0. The van der Waals surface area contributed by atoms with Gasteiger partial charge in [-0.3, -0.25) is 4.79 Å². The van der Waals surface area contributed by atoms with Gasteiger partial charge in [0, 0.05) is 13.6 Å². The van der Waals surface area contributed by atoms with Crippen LogP contribution in [0.25, 0.3) is 0 Å². The Morgan fingerprint density at radius 2 is 1.84 bits per heavy atom. The molecule has 0 saturated heterocycles. The second-order valence-electron chi connectivity index (χ2n) is 4.08. The maximum Gasteiger partial charge on any atom is 0.307 e. The van der Waals surface area contributed by atoms with Crippen LogP contribution in [0.15, 0.2) is 23.1 Å². The van der Waals surface area contributed by atoms with Gasteiger partial charge in [-0.2, -0.15) is 4.31 Å². The van der Waals surface area contributed by atoms with E-state index in [1.54, 1.807) is 0 Å². The van der Waals surface area contributed by atoms with Gasteiger partial charge in [-0.15, -0.1) is 0 Å². The highest BCUT2D eigenvalue weighted by Crippen LogP contribution is 2.22. The maximum absolute atomic E-state index is 13.4. The number of hydrogen-bond acceptors (Lipinski definition) is 3. The monoisotopic (exact) mass is 293 g/mol. The van der Waals surface area contributed by atoms with E-state index in [4.69, 9.17) is 5.11 Å². The molecule has 0 saturated carbocycles. The van der Waals surface area contributed by atoms with Crippen LogP contribution in [0.4, 0.5) is 8.78 Å². The lowest BCUT2D eigenvalue weighted by Crippen LogP contribution is -2.34. The van der Waals surface area contributed by atoms with E-state index in [1.807, 2.05) is 0 Å². The van der Waals surface area contributed by atoms with Crippen molar-refractivity contribution < 1.29 is 27.1 Å². The summed E-state index contributed by atoms with van der Waals surface area (Å²) in [6.45, 7) is 0.914. The lowest BCUT2D eigenvalue weighted by molar-refractivity contribution is -0.141. The van der Waals surface area contributed by atoms with E-state index in [0.717, 1.165) is 25.2 Å². The van der Waals surface area contributed by atoms with Crippen molar-refractivity contribution >= 4 is 16.0 Å². The van der Waals surface area contributed by atoms with Crippen molar-refractivity contribution in [2.75, 3.05) is 13.6 Å². The predicted molar refractivity (Wildman–Crippen MR) is 63.0 cm³/mol. The molecular weight excluding hydrogens is 280 g/mol. The lowest BCUT2D eigenvalue weighted by Gasteiger charge is -2.19. The molecule has 1 atom stereocenters. The molecule has 0 radical (unpaired) electrons. The average molecular weight is 293 g/mol. The Labute approximate surface area is 109 Å². The number of halogens is 2. The Bertz CT molecular complexity index is 568. The second-order valence-corrected chi connectivity index (χ2v) is 6.06.